The number of ether oxygens (including phenoxy) is 2. The zero-order valence-corrected chi connectivity index (χ0v) is 19.2. The van der Waals surface area contributed by atoms with Crippen LogP contribution in [0.5, 0.6) is 11.5 Å². The molecule has 4 nitrogen and oxygen atoms in total. The topological polar surface area (TPSA) is 33.7 Å². The maximum Gasteiger partial charge on any atom is 0.161 e. The van der Waals surface area contributed by atoms with Gasteiger partial charge in [-0.15, -0.1) is 0 Å². The van der Waals surface area contributed by atoms with Crippen molar-refractivity contribution in [3.05, 3.63) is 95.1 Å². The predicted octanol–water partition coefficient (Wildman–Crippen LogP) is 5.36. The van der Waals surface area contributed by atoms with Gasteiger partial charge in [-0.05, 0) is 55.6 Å². The molecule has 1 fully saturated rings. The quantitative estimate of drug-likeness (QED) is 0.522. The molecule has 1 heterocycles. The lowest BCUT2D eigenvalue weighted by Crippen LogP contribution is -2.33. The lowest BCUT2D eigenvalue weighted by Gasteiger charge is -2.32. The van der Waals surface area contributed by atoms with Crippen molar-refractivity contribution < 1.29 is 9.47 Å². The van der Waals surface area contributed by atoms with Crippen LogP contribution in [-0.2, 0) is 6.61 Å². The van der Waals surface area contributed by atoms with Gasteiger partial charge in [-0.1, -0.05) is 66.2 Å². The average Bonchev–Trinajstić information content (AvgIpc) is 3.10. The second kappa shape index (κ2) is 11.2. The van der Waals surface area contributed by atoms with E-state index < -0.39 is 0 Å². The van der Waals surface area contributed by atoms with Crippen LogP contribution in [0.4, 0.5) is 0 Å². The van der Waals surface area contributed by atoms with Gasteiger partial charge in [0.2, 0.25) is 0 Å². The predicted molar refractivity (Wildman–Crippen MR) is 130 cm³/mol. The minimum atomic E-state index is 0.192. The molecule has 1 atom stereocenters. The fourth-order valence-corrected chi connectivity index (χ4v) is 4.31. The van der Waals surface area contributed by atoms with Crippen LogP contribution in [0.2, 0.25) is 0 Å². The Morgan fingerprint density at radius 1 is 0.844 bits per heavy atom. The largest absolute Gasteiger partial charge is 0.490 e. The van der Waals surface area contributed by atoms with E-state index in [1.54, 1.807) is 0 Å². The summed E-state index contributed by atoms with van der Waals surface area (Å²) in [5.41, 5.74) is 4.99. The van der Waals surface area contributed by atoms with Crippen molar-refractivity contribution in [1.82, 2.24) is 10.2 Å². The highest BCUT2D eigenvalue weighted by molar-refractivity contribution is 5.46. The molecular weight excluding hydrogens is 396 g/mol. The Balaban J connectivity index is 1.65. The smallest absolute Gasteiger partial charge is 0.161 e. The van der Waals surface area contributed by atoms with E-state index in [0.717, 1.165) is 49.7 Å². The maximum atomic E-state index is 6.15. The molecule has 1 aliphatic rings. The van der Waals surface area contributed by atoms with Crippen LogP contribution >= 0.6 is 0 Å². The molecule has 0 bridgehead atoms. The fourth-order valence-electron chi connectivity index (χ4n) is 4.31. The molecule has 1 aliphatic heterocycles. The highest BCUT2D eigenvalue weighted by Crippen LogP contribution is 2.36. The van der Waals surface area contributed by atoms with Crippen molar-refractivity contribution in [2.24, 2.45) is 0 Å². The fraction of sp³-hybridized carbons (Fsp3) is 0.357. The van der Waals surface area contributed by atoms with Gasteiger partial charge in [-0.25, -0.2) is 0 Å². The third-order valence-electron chi connectivity index (χ3n) is 5.95. The molecule has 0 saturated carbocycles. The Labute approximate surface area is 192 Å². The summed E-state index contributed by atoms with van der Waals surface area (Å²) in [5, 5.41) is 3.53. The highest BCUT2D eigenvalue weighted by Gasteiger charge is 2.24. The molecule has 168 valence electrons. The lowest BCUT2D eigenvalue weighted by atomic mass is 9.95. The summed E-state index contributed by atoms with van der Waals surface area (Å²) in [6.45, 7) is 9.47. The van der Waals surface area contributed by atoms with Gasteiger partial charge in [0.1, 0.15) is 6.61 Å². The standard InChI is InChI=1S/C28H34N2O2/c1-3-31-27-20-25(14-15-26(27)32-21-23-8-5-4-6-9-23)28(24-12-10-22(2)11-13-24)30-18-7-16-29-17-19-30/h4-6,8-15,20,28-29H,3,7,16-19,21H2,1-2H3. The lowest BCUT2D eigenvalue weighted by molar-refractivity contribution is 0.238. The molecule has 4 heteroatoms. The summed E-state index contributed by atoms with van der Waals surface area (Å²) >= 11 is 0. The van der Waals surface area contributed by atoms with E-state index in [1.165, 1.54) is 16.7 Å². The van der Waals surface area contributed by atoms with Crippen LogP contribution in [0.25, 0.3) is 0 Å². The molecular formula is C28H34N2O2. The van der Waals surface area contributed by atoms with E-state index in [9.17, 15) is 0 Å². The highest BCUT2D eigenvalue weighted by atomic mass is 16.5. The monoisotopic (exact) mass is 430 g/mol. The second-order valence-electron chi connectivity index (χ2n) is 8.37. The van der Waals surface area contributed by atoms with E-state index in [0.29, 0.717) is 13.2 Å². The van der Waals surface area contributed by atoms with Crippen molar-refractivity contribution in [2.45, 2.75) is 32.9 Å². The van der Waals surface area contributed by atoms with Crippen LogP contribution in [-0.4, -0.2) is 37.7 Å². The minimum absolute atomic E-state index is 0.192. The maximum absolute atomic E-state index is 6.15. The Morgan fingerprint density at radius 2 is 1.62 bits per heavy atom. The van der Waals surface area contributed by atoms with Gasteiger partial charge >= 0.3 is 0 Å². The van der Waals surface area contributed by atoms with Crippen LogP contribution in [0, 0.1) is 6.92 Å². The first-order chi connectivity index (χ1) is 15.7. The van der Waals surface area contributed by atoms with Crippen molar-refractivity contribution in [3.8, 4) is 11.5 Å². The van der Waals surface area contributed by atoms with Gasteiger partial charge in [0, 0.05) is 19.6 Å². The summed E-state index contributed by atoms with van der Waals surface area (Å²) in [4.78, 5) is 2.58. The van der Waals surface area contributed by atoms with Gasteiger partial charge < -0.3 is 14.8 Å². The molecule has 0 amide bonds. The molecule has 0 aromatic heterocycles. The summed E-state index contributed by atoms with van der Waals surface area (Å²) in [7, 11) is 0. The van der Waals surface area contributed by atoms with Crippen molar-refractivity contribution >= 4 is 0 Å². The van der Waals surface area contributed by atoms with E-state index in [4.69, 9.17) is 9.47 Å². The van der Waals surface area contributed by atoms with E-state index in [2.05, 4.69) is 71.7 Å². The van der Waals surface area contributed by atoms with Crippen LogP contribution in [0.15, 0.2) is 72.8 Å². The van der Waals surface area contributed by atoms with Crippen molar-refractivity contribution in [2.75, 3.05) is 32.8 Å². The van der Waals surface area contributed by atoms with Crippen LogP contribution in [0.3, 0.4) is 0 Å². The summed E-state index contributed by atoms with van der Waals surface area (Å²) in [5.74, 6) is 1.60. The number of rotatable bonds is 8. The number of aryl methyl sites for hydroxylation is 1. The summed E-state index contributed by atoms with van der Waals surface area (Å²) < 4.78 is 12.2. The SMILES string of the molecule is CCOc1cc(C(c2ccc(C)cc2)N2CCCNCC2)ccc1OCc1ccccc1. The first kappa shape index (κ1) is 22.4. The number of benzene rings is 3. The van der Waals surface area contributed by atoms with Gasteiger partial charge in [-0.3, -0.25) is 4.90 Å². The molecule has 1 saturated heterocycles. The van der Waals surface area contributed by atoms with Crippen LogP contribution in [0.1, 0.15) is 41.6 Å². The Kier molecular flexibility index (Phi) is 7.81. The van der Waals surface area contributed by atoms with Crippen molar-refractivity contribution in [1.29, 1.82) is 0 Å². The average molecular weight is 431 g/mol. The van der Waals surface area contributed by atoms with Gasteiger partial charge in [-0.2, -0.15) is 0 Å². The summed E-state index contributed by atoms with van der Waals surface area (Å²) in [6.07, 6.45) is 1.15. The molecule has 1 N–H and O–H groups in total. The second-order valence-corrected chi connectivity index (χ2v) is 8.37. The zero-order chi connectivity index (χ0) is 22.2. The molecule has 32 heavy (non-hydrogen) atoms. The molecule has 0 spiro atoms. The van der Waals surface area contributed by atoms with E-state index in [-0.39, 0.29) is 6.04 Å². The molecule has 4 rings (SSSR count). The van der Waals surface area contributed by atoms with Gasteiger partial charge in [0.25, 0.3) is 0 Å². The third kappa shape index (κ3) is 5.70. The minimum Gasteiger partial charge on any atom is -0.490 e. The van der Waals surface area contributed by atoms with E-state index in [1.807, 2.05) is 25.1 Å². The zero-order valence-electron chi connectivity index (χ0n) is 19.2. The Bertz CT molecular complexity index is 964. The van der Waals surface area contributed by atoms with Gasteiger partial charge in [0.05, 0.1) is 12.6 Å². The van der Waals surface area contributed by atoms with Crippen molar-refractivity contribution in [3.63, 3.8) is 0 Å². The summed E-state index contributed by atoms with van der Waals surface area (Å²) in [6, 6.07) is 25.8. The van der Waals surface area contributed by atoms with E-state index >= 15 is 0 Å². The molecule has 1 unspecified atom stereocenters. The molecule has 3 aromatic rings. The Morgan fingerprint density at radius 3 is 2.41 bits per heavy atom. The first-order valence-corrected chi connectivity index (χ1v) is 11.7. The first-order valence-electron chi connectivity index (χ1n) is 11.7. The van der Waals surface area contributed by atoms with Gasteiger partial charge in [0.15, 0.2) is 11.5 Å². The third-order valence-corrected chi connectivity index (χ3v) is 5.95. The number of nitrogens with one attached hydrogen (secondary N) is 1. The number of hydrogen-bond acceptors (Lipinski definition) is 4. The number of hydrogen-bond donors (Lipinski definition) is 1. The Hall–Kier alpha value is -2.82. The number of nitrogens with zero attached hydrogens (tertiary/aromatic N) is 1. The molecule has 0 radical (unpaired) electrons. The molecule has 0 aliphatic carbocycles. The normalized spacial score (nSPS) is 15.7. The molecule has 3 aromatic carbocycles. The van der Waals surface area contributed by atoms with Crippen LogP contribution < -0.4 is 14.8 Å².